The first-order valence-corrected chi connectivity index (χ1v) is 10.9. The van der Waals surface area contributed by atoms with E-state index in [0.29, 0.717) is 6.07 Å². The van der Waals surface area contributed by atoms with Crippen LogP contribution in [0.25, 0.3) is 0 Å². The number of nitrogens with zero attached hydrogens (tertiary/aromatic N) is 1. The van der Waals surface area contributed by atoms with E-state index in [-0.39, 0.29) is 29.7 Å². The molecule has 0 aliphatic carbocycles. The molecule has 2 aromatic carbocycles. The zero-order valence-corrected chi connectivity index (χ0v) is 18.3. The van der Waals surface area contributed by atoms with E-state index in [1.54, 1.807) is 0 Å². The number of carbonyl (C=O) groups excluding carboxylic acids is 1. The Hall–Kier alpha value is -2.66. The first-order chi connectivity index (χ1) is 14.9. The molecular weight excluding hydrogens is 480 g/mol. The number of hydrogen-bond donors (Lipinski definition) is 1. The lowest BCUT2D eigenvalue weighted by Gasteiger charge is -2.17. The lowest BCUT2D eigenvalue weighted by molar-refractivity contribution is -0.385. The minimum absolute atomic E-state index is 0.0742. The molecule has 0 aliphatic heterocycles. The van der Waals surface area contributed by atoms with Crippen molar-refractivity contribution >= 4 is 30.9 Å². The van der Waals surface area contributed by atoms with Crippen LogP contribution in [0.4, 0.5) is 18.9 Å². The molecule has 2 aromatic rings. The number of carbonyl (C=O) groups is 1. The van der Waals surface area contributed by atoms with Crippen molar-refractivity contribution < 1.29 is 41.2 Å². The molecule has 0 aromatic heterocycles. The van der Waals surface area contributed by atoms with Crippen molar-refractivity contribution in [1.29, 1.82) is 0 Å². The van der Waals surface area contributed by atoms with Gasteiger partial charge in [-0.2, -0.15) is 13.2 Å². The Morgan fingerprint density at radius 2 is 1.78 bits per heavy atom. The van der Waals surface area contributed by atoms with Crippen molar-refractivity contribution in [2.75, 3.05) is 13.2 Å². The fraction of sp³-hybridized carbons (Fsp3) is 0.278. The van der Waals surface area contributed by atoms with Gasteiger partial charge in [-0.1, -0.05) is 11.6 Å². The van der Waals surface area contributed by atoms with E-state index >= 15 is 0 Å². The molecule has 0 bridgehead atoms. The summed E-state index contributed by atoms with van der Waals surface area (Å²) >= 11 is 5.84. The van der Waals surface area contributed by atoms with Crippen molar-refractivity contribution in [2.45, 2.75) is 20.0 Å². The van der Waals surface area contributed by atoms with E-state index in [9.17, 15) is 32.6 Å². The fourth-order valence-electron chi connectivity index (χ4n) is 2.43. The highest BCUT2D eigenvalue weighted by Gasteiger charge is 2.32. The molecule has 174 valence electrons. The molecule has 0 radical (unpaired) electrons. The molecule has 2 rings (SSSR count). The summed E-state index contributed by atoms with van der Waals surface area (Å²) in [6, 6.07) is 5.35. The Morgan fingerprint density at radius 3 is 2.28 bits per heavy atom. The van der Waals surface area contributed by atoms with Crippen LogP contribution in [0.15, 0.2) is 36.4 Å². The molecule has 14 heteroatoms. The first kappa shape index (κ1) is 25.6. The van der Waals surface area contributed by atoms with Crippen LogP contribution in [0.1, 0.15) is 29.8 Å². The quantitative estimate of drug-likeness (QED) is 0.258. The van der Waals surface area contributed by atoms with Gasteiger partial charge in [0, 0.05) is 12.1 Å². The summed E-state index contributed by atoms with van der Waals surface area (Å²) < 4.78 is 66.1. The van der Waals surface area contributed by atoms with Gasteiger partial charge in [0.1, 0.15) is 17.1 Å². The molecule has 0 saturated carbocycles. The highest BCUT2D eigenvalue weighted by atomic mass is 35.5. The van der Waals surface area contributed by atoms with Crippen molar-refractivity contribution in [2.24, 2.45) is 0 Å². The summed E-state index contributed by atoms with van der Waals surface area (Å²) in [5.41, 5.74) is -2.19. The van der Waals surface area contributed by atoms with E-state index in [1.807, 2.05) is 5.09 Å². The van der Waals surface area contributed by atoms with E-state index in [2.05, 4.69) is 0 Å². The van der Waals surface area contributed by atoms with Gasteiger partial charge in [-0.15, -0.1) is 0 Å². The monoisotopic (exact) mass is 496 g/mol. The minimum Gasteiger partial charge on any atom is -0.456 e. The van der Waals surface area contributed by atoms with Crippen LogP contribution in [0.5, 0.6) is 11.5 Å². The number of ether oxygens (including phenoxy) is 1. The zero-order valence-electron chi connectivity index (χ0n) is 16.6. The van der Waals surface area contributed by atoms with Crippen LogP contribution < -0.4 is 9.82 Å². The van der Waals surface area contributed by atoms with Crippen molar-refractivity contribution in [1.82, 2.24) is 5.09 Å². The number of benzene rings is 2. The second-order valence-corrected chi connectivity index (χ2v) is 8.10. The van der Waals surface area contributed by atoms with Crippen LogP contribution in [0.2, 0.25) is 5.02 Å². The maximum Gasteiger partial charge on any atom is 0.435 e. The molecule has 1 amide bonds. The Balaban J connectivity index is 2.39. The maximum absolute atomic E-state index is 12.8. The van der Waals surface area contributed by atoms with Gasteiger partial charge in [0.15, 0.2) is 0 Å². The van der Waals surface area contributed by atoms with Crippen LogP contribution in [-0.4, -0.2) is 24.0 Å². The normalized spacial score (nSPS) is 11.8. The van der Waals surface area contributed by atoms with Gasteiger partial charge in [0.25, 0.3) is 11.6 Å². The average Bonchev–Trinajstić information content (AvgIpc) is 2.68. The number of hydrogen-bond acceptors (Lipinski definition) is 7. The zero-order chi connectivity index (χ0) is 24.1. The lowest BCUT2D eigenvalue weighted by atomic mass is 10.1. The number of nitro groups is 1. The second-order valence-electron chi connectivity index (χ2n) is 5.96. The van der Waals surface area contributed by atoms with E-state index < -0.39 is 41.6 Å². The van der Waals surface area contributed by atoms with Gasteiger partial charge in [0.05, 0.1) is 28.7 Å². The van der Waals surface area contributed by atoms with E-state index in [4.69, 9.17) is 25.4 Å². The number of halogens is 4. The predicted molar refractivity (Wildman–Crippen MR) is 108 cm³/mol. The smallest absolute Gasteiger partial charge is 0.435 e. The third-order valence-corrected chi connectivity index (χ3v) is 5.70. The SMILES string of the molecule is CCOP(=O)(NC(=O)c1cc(Oc2ccc(C(F)(F)F)cc2Cl)ccc1[N+](=O)[O-])OCC. The molecule has 0 fully saturated rings. The number of nitrogens with one attached hydrogen (secondary N) is 1. The molecule has 32 heavy (non-hydrogen) atoms. The predicted octanol–water partition coefficient (Wildman–Crippen LogP) is 5.97. The third kappa shape index (κ3) is 6.42. The van der Waals surface area contributed by atoms with Crippen molar-refractivity contribution in [3.63, 3.8) is 0 Å². The Morgan fingerprint density at radius 1 is 1.16 bits per heavy atom. The Kier molecular flexibility index (Phi) is 8.24. The molecule has 0 atom stereocenters. The molecule has 0 spiro atoms. The van der Waals surface area contributed by atoms with Crippen LogP contribution in [-0.2, 0) is 19.8 Å². The molecule has 9 nitrogen and oxygen atoms in total. The van der Waals surface area contributed by atoms with Crippen molar-refractivity contribution in [3.8, 4) is 11.5 Å². The van der Waals surface area contributed by atoms with Crippen LogP contribution in [0, 0.1) is 10.1 Å². The summed E-state index contributed by atoms with van der Waals surface area (Å²) in [6.07, 6.45) is -4.62. The Bertz CT molecular complexity index is 1060. The number of amides is 1. The number of rotatable bonds is 9. The fourth-order valence-corrected chi connectivity index (χ4v) is 3.90. The standard InChI is InChI=1S/C18H17ClF3N2O7P/c1-3-29-32(28,30-4-2)23-17(25)13-10-12(6-7-15(13)24(26)27)31-16-8-5-11(9-14(16)19)18(20,21)22/h5-10H,3-4H2,1-2H3,(H,23,25,28). The van der Waals surface area contributed by atoms with Gasteiger partial charge in [0.2, 0.25) is 0 Å². The topological polar surface area (TPSA) is 117 Å². The molecule has 0 saturated heterocycles. The summed E-state index contributed by atoms with van der Waals surface area (Å²) in [6.45, 7) is 2.86. The molecule has 1 N–H and O–H groups in total. The van der Waals surface area contributed by atoms with Crippen molar-refractivity contribution in [3.05, 3.63) is 62.7 Å². The summed E-state index contributed by atoms with van der Waals surface area (Å²) in [7, 11) is -4.09. The summed E-state index contributed by atoms with van der Waals surface area (Å²) in [4.78, 5) is 23.1. The maximum atomic E-state index is 12.8. The Labute approximate surface area is 185 Å². The van der Waals surface area contributed by atoms with Gasteiger partial charge >= 0.3 is 13.9 Å². The highest BCUT2D eigenvalue weighted by molar-refractivity contribution is 7.52. The molecule has 0 aliphatic rings. The first-order valence-electron chi connectivity index (χ1n) is 8.95. The largest absolute Gasteiger partial charge is 0.456 e. The van der Waals surface area contributed by atoms with Gasteiger partial charge in [-0.3, -0.25) is 29.0 Å². The molecular formula is C18H17ClF3N2O7P. The van der Waals surface area contributed by atoms with Gasteiger partial charge in [-0.05, 0) is 38.1 Å². The van der Waals surface area contributed by atoms with E-state index in [1.165, 1.54) is 13.8 Å². The summed E-state index contributed by atoms with van der Waals surface area (Å²) in [5.74, 6) is -1.48. The highest BCUT2D eigenvalue weighted by Crippen LogP contribution is 2.44. The van der Waals surface area contributed by atoms with Crippen LogP contribution in [0.3, 0.4) is 0 Å². The minimum atomic E-state index is -4.62. The third-order valence-electron chi connectivity index (χ3n) is 3.73. The second kappa shape index (κ2) is 10.3. The van der Waals surface area contributed by atoms with E-state index in [0.717, 1.165) is 30.3 Å². The van der Waals surface area contributed by atoms with Gasteiger partial charge < -0.3 is 4.74 Å². The summed E-state index contributed by atoms with van der Waals surface area (Å²) in [5, 5.41) is 12.9. The lowest BCUT2D eigenvalue weighted by Crippen LogP contribution is -2.24. The van der Waals surface area contributed by atoms with Crippen LogP contribution >= 0.6 is 19.3 Å². The average molecular weight is 497 g/mol. The molecule has 0 heterocycles. The van der Waals surface area contributed by atoms with Gasteiger partial charge in [-0.25, -0.2) is 4.57 Å². The number of alkyl halides is 3. The number of nitro benzene ring substituents is 1. The molecule has 0 unspecified atom stereocenters.